The minimum atomic E-state index is 0.488. The molecule has 0 aliphatic heterocycles. The first-order valence-corrected chi connectivity index (χ1v) is 8.23. The van der Waals surface area contributed by atoms with E-state index in [0.717, 1.165) is 40.4 Å². The van der Waals surface area contributed by atoms with Crippen molar-refractivity contribution in [1.82, 2.24) is 19.6 Å². The second-order valence-corrected chi connectivity index (χ2v) is 6.50. The van der Waals surface area contributed by atoms with E-state index < -0.39 is 0 Å². The van der Waals surface area contributed by atoms with Crippen molar-refractivity contribution in [3.05, 3.63) is 54.1 Å². The van der Waals surface area contributed by atoms with Gasteiger partial charge >= 0.3 is 0 Å². The van der Waals surface area contributed by atoms with Gasteiger partial charge in [0.1, 0.15) is 11.8 Å². The van der Waals surface area contributed by atoms with E-state index in [9.17, 15) is 0 Å². The first kappa shape index (κ1) is 13.5. The van der Waals surface area contributed by atoms with E-state index >= 15 is 0 Å². The third kappa shape index (κ3) is 1.72. The average molecular weight is 315 g/mol. The molecule has 0 radical (unpaired) electrons. The summed E-state index contributed by atoms with van der Waals surface area (Å²) in [7, 11) is 0. The highest BCUT2D eigenvalue weighted by atomic mass is 15.3. The summed E-state index contributed by atoms with van der Waals surface area (Å²) in [5, 5.41) is 5.59. The van der Waals surface area contributed by atoms with Crippen molar-refractivity contribution in [3.63, 3.8) is 0 Å². The molecule has 5 heteroatoms. The lowest BCUT2D eigenvalue weighted by Gasteiger charge is -2.09. The quantitative estimate of drug-likeness (QED) is 0.583. The summed E-state index contributed by atoms with van der Waals surface area (Å²) >= 11 is 0. The lowest BCUT2D eigenvalue weighted by molar-refractivity contribution is 0.735. The Hall–Kier alpha value is -2.95. The molecule has 1 aliphatic rings. The Kier molecular flexibility index (Phi) is 2.68. The van der Waals surface area contributed by atoms with Crippen molar-refractivity contribution in [2.75, 3.05) is 5.73 Å². The number of para-hydroxylation sites is 1. The zero-order chi connectivity index (χ0) is 16.3. The fourth-order valence-electron chi connectivity index (χ4n) is 3.96. The van der Waals surface area contributed by atoms with E-state index in [0.29, 0.717) is 11.7 Å². The van der Waals surface area contributed by atoms with Gasteiger partial charge in [-0.3, -0.25) is 4.98 Å². The van der Waals surface area contributed by atoms with Crippen LogP contribution in [0.5, 0.6) is 0 Å². The zero-order valence-electron chi connectivity index (χ0n) is 13.4. The van der Waals surface area contributed by atoms with Crippen LogP contribution < -0.4 is 5.73 Å². The maximum Gasteiger partial charge on any atom is 0.151 e. The highest BCUT2D eigenvalue weighted by molar-refractivity contribution is 5.94. The third-order valence-electron chi connectivity index (χ3n) is 5.08. The molecular weight excluding hydrogens is 298 g/mol. The minimum Gasteiger partial charge on any atom is -0.382 e. The lowest BCUT2D eigenvalue weighted by Crippen LogP contribution is -2.01. The normalized spacial score (nSPS) is 16.8. The number of hydrogen-bond acceptors (Lipinski definition) is 4. The molecule has 3 heterocycles. The number of anilines is 1. The molecule has 1 atom stereocenters. The van der Waals surface area contributed by atoms with Crippen molar-refractivity contribution in [1.29, 1.82) is 0 Å². The standard InChI is InChI=1S/C19H17N5/c1-11-6-7-15-16(11)17(18-19(20)22-10-23-24(15)18)13-8-12-4-2-3-5-14(12)21-9-13/h2-5,8-11H,6-7H2,1H3,(H2,20,22,23)/t11-/m0/s1. The first-order chi connectivity index (χ1) is 11.7. The highest BCUT2D eigenvalue weighted by Crippen LogP contribution is 2.44. The van der Waals surface area contributed by atoms with Crippen molar-refractivity contribution in [3.8, 4) is 11.1 Å². The number of rotatable bonds is 1. The van der Waals surface area contributed by atoms with Crippen LogP contribution in [0.1, 0.15) is 30.5 Å². The molecule has 0 fully saturated rings. The predicted octanol–water partition coefficient (Wildman–Crippen LogP) is 3.58. The number of nitrogens with two attached hydrogens (primary N) is 1. The molecule has 118 valence electrons. The van der Waals surface area contributed by atoms with Crippen LogP contribution in [0.2, 0.25) is 0 Å². The van der Waals surface area contributed by atoms with E-state index in [-0.39, 0.29) is 0 Å². The van der Waals surface area contributed by atoms with Crippen molar-refractivity contribution in [2.45, 2.75) is 25.7 Å². The van der Waals surface area contributed by atoms with Crippen LogP contribution in [0.25, 0.3) is 27.5 Å². The van der Waals surface area contributed by atoms with Gasteiger partial charge in [-0.25, -0.2) is 9.50 Å². The highest BCUT2D eigenvalue weighted by Gasteiger charge is 2.30. The van der Waals surface area contributed by atoms with Crippen LogP contribution in [0, 0.1) is 0 Å². The van der Waals surface area contributed by atoms with Gasteiger partial charge in [0.05, 0.1) is 5.52 Å². The Balaban J connectivity index is 1.90. The molecule has 1 aromatic carbocycles. The van der Waals surface area contributed by atoms with Crippen molar-refractivity contribution in [2.24, 2.45) is 0 Å². The summed E-state index contributed by atoms with van der Waals surface area (Å²) < 4.78 is 1.98. The van der Waals surface area contributed by atoms with E-state index in [1.807, 2.05) is 28.9 Å². The largest absolute Gasteiger partial charge is 0.382 e. The van der Waals surface area contributed by atoms with Crippen LogP contribution >= 0.6 is 0 Å². The number of aryl methyl sites for hydroxylation is 1. The second kappa shape index (κ2) is 4.77. The fraction of sp³-hybridized carbons (Fsp3) is 0.211. The smallest absolute Gasteiger partial charge is 0.151 e. The number of fused-ring (bicyclic) bond motifs is 4. The number of pyridine rings is 1. The van der Waals surface area contributed by atoms with Crippen LogP contribution in [-0.4, -0.2) is 19.6 Å². The predicted molar refractivity (Wildman–Crippen MR) is 94.9 cm³/mol. The van der Waals surface area contributed by atoms with Crippen molar-refractivity contribution >= 4 is 22.2 Å². The molecule has 1 aliphatic carbocycles. The summed E-state index contributed by atoms with van der Waals surface area (Å²) in [6.45, 7) is 2.27. The number of nitrogens with zero attached hydrogens (tertiary/aromatic N) is 4. The van der Waals surface area contributed by atoms with Gasteiger partial charge in [0.2, 0.25) is 0 Å². The monoisotopic (exact) mass is 315 g/mol. The lowest BCUT2D eigenvalue weighted by atomic mass is 9.96. The SMILES string of the molecule is C[C@H]1CCc2c1c(-c1cnc3ccccc3c1)c1c(N)ncnn21. The Morgan fingerprint density at radius 3 is 3.00 bits per heavy atom. The van der Waals surface area contributed by atoms with E-state index in [4.69, 9.17) is 5.73 Å². The minimum absolute atomic E-state index is 0.488. The van der Waals surface area contributed by atoms with Crippen LogP contribution in [0.3, 0.4) is 0 Å². The maximum atomic E-state index is 6.22. The molecule has 3 aromatic heterocycles. The van der Waals surface area contributed by atoms with E-state index in [1.165, 1.54) is 17.6 Å². The Morgan fingerprint density at radius 1 is 1.21 bits per heavy atom. The Labute approximate surface area is 139 Å². The summed E-state index contributed by atoms with van der Waals surface area (Å²) in [5.41, 5.74) is 13.0. The molecule has 5 nitrogen and oxygen atoms in total. The van der Waals surface area contributed by atoms with Gasteiger partial charge in [0.15, 0.2) is 5.82 Å². The number of benzene rings is 1. The number of aromatic nitrogens is 4. The average Bonchev–Trinajstić information content (AvgIpc) is 3.14. The van der Waals surface area contributed by atoms with E-state index in [1.54, 1.807) is 0 Å². The number of nitrogen functional groups attached to an aromatic ring is 1. The summed E-state index contributed by atoms with van der Waals surface area (Å²) in [6.07, 6.45) is 5.64. The maximum absolute atomic E-state index is 6.22. The summed E-state index contributed by atoms with van der Waals surface area (Å²) in [5.74, 6) is 1.01. The molecule has 5 rings (SSSR count). The number of hydrogen-bond donors (Lipinski definition) is 1. The van der Waals surface area contributed by atoms with Gasteiger partial charge in [0.25, 0.3) is 0 Å². The Bertz CT molecular complexity index is 1100. The molecule has 0 spiro atoms. The van der Waals surface area contributed by atoms with Gasteiger partial charge in [-0.2, -0.15) is 5.10 Å². The summed E-state index contributed by atoms with van der Waals surface area (Å²) in [6, 6.07) is 10.4. The molecule has 0 unspecified atom stereocenters. The van der Waals surface area contributed by atoms with Gasteiger partial charge in [0, 0.05) is 28.4 Å². The molecule has 0 amide bonds. The summed E-state index contributed by atoms with van der Waals surface area (Å²) in [4.78, 5) is 8.85. The molecule has 0 saturated carbocycles. The molecule has 0 bridgehead atoms. The van der Waals surface area contributed by atoms with Crippen molar-refractivity contribution < 1.29 is 0 Å². The molecule has 24 heavy (non-hydrogen) atoms. The fourth-order valence-corrected chi connectivity index (χ4v) is 3.96. The molecule has 2 N–H and O–H groups in total. The van der Waals surface area contributed by atoms with Gasteiger partial charge in [-0.1, -0.05) is 25.1 Å². The third-order valence-corrected chi connectivity index (χ3v) is 5.08. The zero-order valence-corrected chi connectivity index (χ0v) is 13.4. The Morgan fingerprint density at radius 2 is 2.08 bits per heavy atom. The first-order valence-electron chi connectivity index (χ1n) is 8.23. The molecule has 4 aromatic rings. The van der Waals surface area contributed by atoms with Gasteiger partial charge < -0.3 is 5.73 Å². The van der Waals surface area contributed by atoms with Crippen LogP contribution in [0.15, 0.2) is 42.9 Å². The van der Waals surface area contributed by atoms with Gasteiger partial charge in [-0.05, 0) is 36.5 Å². The topological polar surface area (TPSA) is 69.1 Å². The molecular formula is C19H17N5. The van der Waals surface area contributed by atoms with Gasteiger partial charge in [-0.15, -0.1) is 0 Å². The van der Waals surface area contributed by atoms with Crippen LogP contribution in [0.4, 0.5) is 5.82 Å². The second-order valence-electron chi connectivity index (χ2n) is 6.50. The van der Waals surface area contributed by atoms with Crippen LogP contribution in [-0.2, 0) is 6.42 Å². The van der Waals surface area contributed by atoms with E-state index in [2.05, 4.69) is 34.1 Å². The molecule has 0 saturated heterocycles.